The molecule has 5 heteroatoms. The third kappa shape index (κ3) is 3.22. The Morgan fingerprint density at radius 3 is 2.43 bits per heavy atom. The number of rotatable bonds is 3. The number of ether oxygens (including phenoxy) is 1. The molecule has 0 amide bonds. The fourth-order valence-electron chi connectivity index (χ4n) is 4.27. The molecule has 0 atom stereocenters. The average Bonchev–Trinajstić information content (AvgIpc) is 2.74. The number of benzene rings is 2. The number of aromatic nitrogens is 1. The Hall–Kier alpha value is -2.59. The standard InChI is InChI=1S/C23H22ClNO3/c1-28-23(27)21-20(15-8-4-2-5-9-15)18-13-12-16(24)14-19(18)22(26)25(21)17-10-6-3-7-11-17/h2,4-5,8-9,12-14,17H,3,6-7,10-11H2,1H3. The first-order chi connectivity index (χ1) is 13.6. The van der Waals surface area contributed by atoms with Crippen molar-refractivity contribution in [1.82, 2.24) is 4.57 Å². The molecule has 1 heterocycles. The van der Waals surface area contributed by atoms with Gasteiger partial charge in [0.05, 0.1) is 7.11 Å². The molecular formula is C23H22ClNO3. The monoisotopic (exact) mass is 395 g/mol. The van der Waals surface area contributed by atoms with Crippen LogP contribution < -0.4 is 5.56 Å². The first-order valence-corrected chi connectivity index (χ1v) is 10.0. The average molecular weight is 396 g/mol. The zero-order chi connectivity index (χ0) is 19.7. The quantitative estimate of drug-likeness (QED) is 0.541. The summed E-state index contributed by atoms with van der Waals surface area (Å²) in [6.07, 6.45) is 5.01. The van der Waals surface area contributed by atoms with Gasteiger partial charge in [0.2, 0.25) is 0 Å². The number of carbonyl (C=O) groups is 1. The van der Waals surface area contributed by atoms with Crippen LogP contribution in [-0.2, 0) is 4.74 Å². The zero-order valence-corrected chi connectivity index (χ0v) is 16.5. The SMILES string of the molecule is COC(=O)c1c(-c2ccccc2)c2ccc(Cl)cc2c(=O)n1C1CCCCC1. The molecule has 0 radical (unpaired) electrons. The third-order valence-corrected chi connectivity index (χ3v) is 5.79. The highest BCUT2D eigenvalue weighted by atomic mass is 35.5. The zero-order valence-electron chi connectivity index (χ0n) is 15.8. The van der Waals surface area contributed by atoms with E-state index in [2.05, 4.69) is 0 Å². The number of pyridine rings is 1. The third-order valence-electron chi connectivity index (χ3n) is 5.56. The van der Waals surface area contributed by atoms with E-state index in [1.165, 1.54) is 7.11 Å². The minimum atomic E-state index is -0.488. The Bertz CT molecular complexity index is 1080. The van der Waals surface area contributed by atoms with Crippen LogP contribution in [0.25, 0.3) is 21.9 Å². The smallest absolute Gasteiger partial charge is 0.355 e. The fourth-order valence-corrected chi connectivity index (χ4v) is 4.44. The summed E-state index contributed by atoms with van der Waals surface area (Å²) in [4.78, 5) is 26.4. The van der Waals surface area contributed by atoms with Crippen molar-refractivity contribution in [3.05, 3.63) is 69.6 Å². The van der Waals surface area contributed by atoms with Crippen molar-refractivity contribution in [2.75, 3.05) is 7.11 Å². The Kier molecular flexibility index (Phi) is 5.23. The lowest BCUT2D eigenvalue weighted by Crippen LogP contribution is -2.32. The molecule has 3 aromatic rings. The van der Waals surface area contributed by atoms with Crippen LogP contribution in [-0.4, -0.2) is 17.6 Å². The van der Waals surface area contributed by atoms with Gasteiger partial charge in [-0.1, -0.05) is 67.3 Å². The van der Waals surface area contributed by atoms with Crippen LogP contribution in [0, 0.1) is 0 Å². The Morgan fingerprint density at radius 2 is 1.75 bits per heavy atom. The highest BCUT2D eigenvalue weighted by Crippen LogP contribution is 2.36. The molecule has 0 bridgehead atoms. The molecule has 4 nitrogen and oxygen atoms in total. The molecule has 144 valence electrons. The van der Waals surface area contributed by atoms with E-state index in [-0.39, 0.29) is 11.6 Å². The van der Waals surface area contributed by atoms with Crippen molar-refractivity contribution in [1.29, 1.82) is 0 Å². The number of hydrogen-bond donors (Lipinski definition) is 0. The van der Waals surface area contributed by atoms with E-state index in [9.17, 15) is 9.59 Å². The van der Waals surface area contributed by atoms with Crippen LogP contribution in [0.15, 0.2) is 53.3 Å². The lowest BCUT2D eigenvalue weighted by molar-refractivity contribution is 0.0583. The summed E-state index contributed by atoms with van der Waals surface area (Å²) in [5.74, 6) is -0.488. The van der Waals surface area contributed by atoms with Gasteiger partial charge < -0.3 is 4.74 Å². The van der Waals surface area contributed by atoms with Gasteiger partial charge >= 0.3 is 5.97 Å². The van der Waals surface area contributed by atoms with Gasteiger partial charge in [0.15, 0.2) is 0 Å². The number of carbonyl (C=O) groups excluding carboxylic acids is 1. The van der Waals surface area contributed by atoms with Crippen LogP contribution in [0.1, 0.15) is 48.6 Å². The van der Waals surface area contributed by atoms with Crippen molar-refractivity contribution in [3.8, 4) is 11.1 Å². The molecule has 1 aromatic heterocycles. The highest BCUT2D eigenvalue weighted by Gasteiger charge is 2.28. The summed E-state index contributed by atoms with van der Waals surface area (Å²) in [5.41, 5.74) is 1.76. The number of fused-ring (bicyclic) bond motifs is 1. The molecular weight excluding hydrogens is 374 g/mol. The molecule has 28 heavy (non-hydrogen) atoms. The number of halogens is 1. The summed E-state index contributed by atoms with van der Waals surface area (Å²) in [6.45, 7) is 0. The minimum absolute atomic E-state index is 0.0128. The molecule has 0 spiro atoms. The summed E-state index contributed by atoms with van der Waals surface area (Å²) < 4.78 is 6.81. The van der Waals surface area contributed by atoms with Crippen molar-refractivity contribution < 1.29 is 9.53 Å². The Balaban J connectivity index is 2.16. The van der Waals surface area contributed by atoms with Crippen molar-refractivity contribution in [2.24, 2.45) is 0 Å². The first-order valence-electron chi connectivity index (χ1n) is 9.63. The molecule has 0 saturated heterocycles. The maximum atomic E-state index is 13.5. The number of hydrogen-bond acceptors (Lipinski definition) is 3. The van der Waals surface area contributed by atoms with Gasteiger partial charge in [0.1, 0.15) is 5.69 Å². The molecule has 0 aliphatic heterocycles. The van der Waals surface area contributed by atoms with Gasteiger partial charge in [-0.2, -0.15) is 0 Å². The number of methoxy groups -OCH3 is 1. The predicted octanol–water partition coefficient (Wildman–Crippen LogP) is 5.61. The molecule has 0 unspecified atom stereocenters. The second-order valence-corrected chi connectivity index (χ2v) is 7.67. The predicted molar refractivity (Wildman–Crippen MR) is 112 cm³/mol. The van der Waals surface area contributed by atoms with Gasteiger partial charge in [-0.15, -0.1) is 0 Å². The van der Waals surface area contributed by atoms with E-state index in [0.717, 1.165) is 43.2 Å². The molecule has 1 saturated carbocycles. The first kappa shape index (κ1) is 18.8. The fraction of sp³-hybridized carbons (Fsp3) is 0.304. The van der Waals surface area contributed by atoms with Gasteiger partial charge in [0.25, 0.3) is 5.56 Å². The number of esters is 1. The van der Waals surface area contributed by atoms with Crippen LogP contribution >= 0.6 is 11.6 Å². The maximum Gasteiger partial charge on any atom is 0.355 e. The van der Waals surface area contributed by atoms with Crippen LogP contribution in [0.2, 0.25) is 5.02 Å². The Morgan fingerprint density at radius 1 is 1.04 bits per heavy atom. The van der Waals surface area contributed by atoms with E-state index >= 15 is 0 Å². The highest BCUT2D eigenvalue weighted by molar-refractivity contribution is 6.31. The lowest BCUT2D eigenvalue weighted by Gasteiger charge is -2.28. The van der Waals surface area contributed by atoms with E-state index in [0.29, 0.717) is 21.5 Å². The molecule has 2 aromatic carbocycles. The topological polar surface area (TPSA) is 48.3 Å². The second-order valence-electron chi connectivity index (χ2n) is 7.24. The van der Waals surface area contributed by atoms with E-state index < -0.39 is 5.97 Å². The van der Waals surface area contributed by atoms with E-state index in [1.54, 1.807) is 16.7 Å². The summed E-state index contributed by atoms with van der Waals surface area (Å²) in [7, 11) is 1.36. The molecule has 4 rings (SSSR count). The summed E-state index contributed by atoms with van der Waals surface area (Å²) >= 11 is 6.22. The van der Waals surface area contributed by atoms with Crippen molar-refractivity contribution in [2.45, 2.75) is 38.1 Å². The maximum absolute atomic E-state index is 13.5. The van der Waals surface area contributed by atoms with Crippen molar-refractivity contribution >= 4 is 28.3 Å². The van der Waals surface area contributed by atoms with E-state index in [1.807, 2.05) is 36.4 Å². The lowest BCUT2D eigenvalue weighted by atomic mass is 9.92. The minimum Gasteiger partial charge on any atom is -0.464 e. The van der Waals surface area contributed by atoms with Crippen LogP contribution in [0.5, 0.6) is 0 Å². The summed E-state index contributed by atoms with van der Waals surface area (Å²) in [5, 5.41) is 1.75. The molecule has 1 aliphatic carbocycles. The van der Waals surface area contributed by atoms with Crippen LogP contribution in [0.3, 0.4) is 0 Å². The second kappa shape index (κ2) is 7.80. The Labute approximate surface area is 168 Å². The van der Waals surface area contributed by atoms with E-state index in [4.69, 9.17) is 16.3 Å². The van der Waals surface area contributed by atoms with Crippen LogP contribution in [0.4, 0.5) is 0 Å². The summed E-state index contributed by atoms with van der Waals surface area (Å²) in [6, 6.07) is 14.9. The van der Waals surface area contributed by atoms with Gasteiger partial charge in [-0.3, -0.25) is 9.36 Å². The number of nitrogens with zero attached hydrogens (tertiary/aromatic N) is 1. The van der Waals surface area contributed by atoms with Gasteiger partial charge in [0, 0.05) is 22.0 Å². The van der Waals surface area contributed by atoms with Gasteiger partial charge in [-0.25, -0.2) is 4.79 Å². The van der Waals surface area contributed by atoms with Gasteiger partial charge in [-0.05, 0) is 35.9 Å². The normalized spacial score (nSPS) is 14.9. The molecule has 1 fully saturated rings. The van der Waals surface area contributed by atoms with Crippen molar-refractivity contribution in [3.63, 3.8) is 0 Å². The molecule has 1 aliphatic rings. The largest absolute Gasteiger partial charge is 0.464 e. The molecule has 0 N–H and O–H groups in total.